The molecule has 0 saturated heterocycles. The highest BCUT2D eigenvalue weighted by atomic mass is 16.1. The molecule has 0 saturated carbocycles. The molecule has 0 spiro atoms. The Morgan fingerprint density at radius 2 is 1.94 bits per heavy atom. The summed E-state index contributed by atoms with van der Waals surface area (Å²) in [6.45, 7) is 1.55. The third kappa shape index (κ3) is 2.42. The maximum absolute atomic E-state index is 11.1. The normalized spacial score (nSPS) is 9.81. The second-order valence-corrected chi connectivity index (χ2v) is 3.35. The molecule has 4 heteroatoms. The zero-order valence-corrected chi connectivity index (χ0v) is 8.84. The van der Waals surface area contributed by atoms with Gasteiger partial charge in [0.15, 0.2) is 5.78 Å². The van der Waals surface area contributed by atoms with Gasteiger partial charge in [-0.05, 0) is 31.2 Å². The number of carbonyl (C=O) groups excluding carboxylic acids is 1. The van der Waals surface area contributed by atoms with E-state index in [2.05, 4.69) is 15.3 Å². The van der Waals surface area contributed by atoms with Crippen LogP contribution >= 0.6 is 0 Å². The van der Waals surface area contributed by atoms with Crippen molar-refractivity contribution < 1.29 is 4.79 Å². The highest BCUT2D eigenvalue weighted by Crippen LogP contribution is 2.14. The second-order valence-electron chi connectivity index (χ2n) is 3.35. The van der Waals surface area contributed by atoms with E-state index in [1.165, 1.54) is 0 Å². The highest BCUT2D eigenvalue weighted by molar-refractivity contribution is 5.94. The summed E-state index contributed by atoms with van der Waals surface area (Å²) in [5, 5.41) is 3.09. The molecular weight excluding hydrogens is 202 g/mol. The molecule has 0 amide bonds. The van der Waals surface area contributed by atoms with Gasteiger partial charge in [-0.25, -0.2) is 4.98 Å². The summed E-state index contributed by atoms with van der Waals surface area (Å²) in [6, 6.07) is 7.24. The van der Waals surface area contributed by atoms with E-state index >= 15 is 0 Å². The number of carbonyl (C=O) groups is 1. The molecule has 2 aromatic rings. The fraction of sp³-hybridized carbons (Fsp3) is 0.0833. The molecule has 1 N–H and O–H groups in total. The molecule has 0 unspecified atom stereocenters. The number of Topliss-reactive ketones (excluding diaryl/α,β-unsaturated/α-hetero) is 1. The van der Waals surface area contributed by atoms with Crippen molar-refractivity contribution in [1.29, 1.82) is 0 Å². The SMILES string of the molecule is CC(=O)c1ccc(Nc2cnccn2)cc1. The van der Waals surface area contributed by atoms with Gasteiger partial charge in [-0.3, -0.25) is 9.78 Å². The fourth-order valence-corrected chi connectivity index (χ4v) is 1.30. The molecule has 16 heavy (non-hydrogen) atoms. The van der Waals surface area contributed by atoms with Crippen molar-refractivity contribution in [2.75, 3.05) is 5.32 Å². The lowest BCUT2D eigenvalue weighted by molar-refractivity contribution is 0.101. The van der Waals surface area contributed by atoms with E-state index < -0.39 is 0 Å². The fourth-order valence-electron chi connectivity index (χ4n) is 1.30. The van der Waals surface area contributed by atoms with Crippen LogP contribution in [0.25, 0.3) is 0 Å². The quantitative estimate of drug-likeness (QED) is 0.795. The summed E-state index contributed by atoms with van der Waals surface area (Å²) in [5.74, 6) is 0.740. The Labute approximate surface area is 93.4 Å². The number of anilines is 2. The zero-order valence-electron chi connectivity index (χ0n) is 8.84. The summed E-state index contributed by atoms with van der Waals surface area (Å²) in [4.78, 5) is 19.1. The summed E-state index contributed by atoms with van der Waals surface area (Å²) < 4.78 is 0. The molecule has 80 valence electrons. The van der Waals surface area contributed by atoms with Gasteiger partial charge in [0.1, 0.15) is 5.82 Å². The van der Waals surface area contributed by atoms with Gasteiger partial charge < -0.3 is 5.32 Å². The first-order valence-corrected chi connectivity index (χ1v) is 4.90. The minimum Gasteiger partial charge on any atom is -0.339 e. The van der Waals surface area contributed by atoms with Crippen LogP contribution in [-0.2, 0) is 0 Å². The number of hydrogen-bond acceptors (Lipinski definition) is 4. The Balaban J connectivity index is 2.14. The minimum absolute atomic E-state index is 0.0612. The molecule has 1 heterocycles. The van der Waals surface area contributed by atoms with Crippen LogP contribution in [0.3, 0.4) is 0 Å². The second kappa shape index (κ2) is 4.53. The molecule has 1 aromatic carbocycles. The van der Waals surface area contributed by atoms with Crippen LogP contribution in [0.4, 0.5) is 11.5 Å². The van der Waals surface area contributed by atoms with Crippen LogP contribution < -0.4 is 5.32 Å². The van der Waals surface area contributed by atoms with Crippen molar-refractivity contribution in [3.05, 3.63) is 48.4 Å². The smallest absolute Gasteiger partial charge is 0.159 e. The molecule has 1 aromatic heterocycles. The summed E-state index contributed by atoms with van der Waals surface area (Å²) in [5.41, 5.74) is 1.58. The monoisotopic (exact) mass is 213 g/mol. The molecule has 2 rings (SSSR count). The summed E-state index contributed by atoms with van der Waals surface area (Å²) in [6.07, 6.45) is 4.87. The molecule has 4 nitrogen and oxygen atoms in total. The van der Waals surface area contributed by atoms with Crippen molar-refractivity contribution in [2.45, 2.75) is 6.92 Å². The first-order chi connectivity index (χ1) is 7.75. The number of benzene rings is 1. The predicted octanol–water partition coefficient (Wildman–Crippen LogP) is 2.42. The van der Waals surface area contributed by atoms with Gasteiger partial charge in [0.05, 0.1) is 6.20 Å². The lowest BCUT2D eigenvalue weighted by Crippen LogP contribution is -1.95. The summed E-state index contributed by atoms with van der Waals surface area (Å²) in [7, 11) is 0. The molecule has 0 radical (unpaired) electrons. The Bertz CT molecular complexity index is 479. The van der Waals surface area contributed by atoms with E-state index in [9.17, 15) is 4.79 Å². The molecular formula is C12H11N3O. The number of nitrogens with zero attached hydrogens (tertiary/aromatic N) is 2. The van der Waals surface area contributed by atoms with Gasteiger partial charge in [-0.2, -0.15) is 0 Å². The highest BCUT2D eigenvalue weighted by Gasteiger charge is 1.99. The van der Waals surface area contributed by atoms with Crippen molar-refractivity contribution in [3.8, 4) is 0 Å². The van der Waals surface area contributed by atoms with Crippen molar-refractivity contribution in [2.24, 2.45) is 0 Å². The van der Waals surface area contributed by atoms with Gasteiger partial charge in [-0.1, -0.05) is 0 Å². The first kappa shape index (κ1) is 10.3. The van der Waals surface area contributed by atoms with Gasteiger partial charge in [0, 0.05) is 23.6 Å². The van der Waals surface area contributed by atoms with Crippen LogP contribution in [0.15, 0.2) is 42.9 Å². The first-order valence-electron chi connectivity index (χ1n) is 4.90. The molecule has 0 fully saturated rings. The zero-order chi connectivity index (χ0) is 11.4. The predicted molar refractivity (Wildman–Crippen MR) is 61.8 cm³/mol. The van der Waals surface area contributed by atoms with E-state index in [1.54, 1.807) is 37.6 Å². The lowest BCUT2D eigenvalue weighted by atomic mass is 10.1. The number of rotatable bonds is 3. The largest absolute Gasteiger partial charge is 0.339 e. The van der Waals surface area contributed by atoms with Crippen LogP contribution in [-0.4, -0.2) is 15.8 Å². The molecule has 0 bridgehead atoms. The van der Waals surface area contributed by atoms with Crippen LogP contribution in [0.1, 0.15) is 17.3 Å². The lowest BCUT2D eigenvalue weighted by Gasteiger charge is -2.04. The van der Waals surface area contributed by atoms with Crippen molar-refractivity contribution in [1.82, 2.24) is 9.97 Å². The van der Waals surface area contributed by atoms with Crippen LogP contribution in [0, 0.1) is 0 Å². The average Bonchev–Trinajstić information content (AvgIpc) is 2.31. The van der Waals surface area contributed by atoms with E-state index in [1.807, 2.05) is 12.1 Å². The Kier molecular flexibility index (Phi) is 2.91. The van der Waals surface area contributed by atoms with Gasteiger partial charge in [0.25, 0.3) is 0 Å². The van der Waals surface area contributed by atoms with Crippen molar-refractivity contribution in [3.63, 3.8) is 0 Å². The Morgan fingerprint density at radius 3 is 2.50 bits per heavy atom. The van der Waals surface area contributed by atoms with E-state index in [0.29, 0.717) is 11.4 Å². The third-order valence-electron chi connectivity index (χ3n) is 2.13. The number of nitrogens with one attached hydrogen (secondary N) is 1. The Morgan fingerprint density at radius 1 is 1.19 bits per heavy atom. The van der Waals surface area contributed by atoms with Crippen molar-refractivity contribution >= 4 is 17.3 Å². The molecule has 0 atom stereocenters. The molecule has 0 aliphatic carbocycles. The average molecular weight is 213 g/mol. The standard InChI is InChI=1S/C12H11N3O/c1-9(16)10-2-4-11(5-3-10)15-12-8-13-6-7-14-12/h2-8H,1H3,(H,14,15). The minimum atomic E-state index is 0.0612. The third-order valence-corrected chi connectivity index (χ3v) is 2.13. The maximum atomic E-state index is 11.1. The van der Waals surface area contributed by atoms with E-state index in [-0.39, 0.29) is 5.78 Å². The van der Waals surface area contributed by atoms with Gasteiger partial charge >= 0.3 is 0 Å². The van der Waals surface area contributed by atoms with Crippen LogP contribution in [0.5, 0.6) is 0 Å². The Hall–Kier alpha value is -2.23. The summed E-state index contributed by atoms with van der Waals surface area (Å²) >= 11 is 0. The van der Waals surface area contributed by atoms with E-state index in [0.717, 1.165) is 5.69 Å². The topological polar surface area (TPSA) is 54.9 Å². The molecule has 0 aliphatic rings. The van der Waals surface area contributed by atoms with Gasteiger partial charge in [-0.15, -0.1) is 0 Å². The van der Waals surface area contributed by atoms with Gasteiger partial charge in [0.2, 0.25) is 0 Å². The van der Waals surface area contributed by atoms with Crippen LogP contribution in [0.2, 0.25) is 0 Å². The number of aromatic nitrogens is 2. The van der Waals surface area contributed by atoms with E-state index in [4.69, 9.17) is 0 Å². The maximum Gasteiger partial charge on any atom is 0.159 e. The number of hydrogen-bond donors (Lipinski definition) is 1. The number of ketones is 1. The molecule has 0 aliphatic heterocycles.